The van der Waals surface area contributed by atoms with Gasteiger partial charge in [0.25, 0.3) is 5.91 Å². The van der Waals surface area contributed by atoms with E-state index in [4.69, 9.17) is 16.3 Å². The van der Waals surface area contributed by atoms with Gasteiger partial charge in [0.1, 0.15) is 11.5 Å². The van der Waals surface area contributed by atoms with Crippen molar-refractivity contribution in [2.75, 3.05) is 7.11 Å². The van der Waals surface area contributed by atoms with Gasteiger partial charge in [-0.05, 0) is 36.4 Å². The van der Waals surface area contributed by atoms with Gasteiger partial charge in [0.15, 0.2) is 0 Å². The number of phenols is 1. The van der Waals surface area contributed by atoms with Crippen molar-refractivity contribution in [2.24, 2.45) is 0 Å². The van der Waals surface area contributed by atoms with Crippen LogP contribution in [0.1, 0.15) is 15.9 Å². The van der Waals surface area contributed by atoms with Gasteiger partial charge in [-0.15, -0.1) is 0 Å². The van der Waals surface area contributed by atoms with Gasteiger partial charge >= 0.3 is 0 Å². The summed E-state index contributed by atoms with van der Waals surface area (Å²) in [5.41, 5.74) is 1.06. The number of carbonyl (C=O) groups excluding carboxylic acids is 1. The Kier molecular flexibility index (Phi) is 4.48. The molecule has 4 nitrogen and oxygen atoms in total. The second kappa shape index (κ2) is 6.30. The van der Waals surface area contributed by atoms with Crippen molar-refractivity contribution < 1.29 is 14.6 Å². The Morgan fingerprint density at radius 3 is 2.80 bits per heavy atom. The molecule has 0 aliphatic carbocycles. The monoisotopic (exact) mass is 291 g/mol. The minimum Gasteiger partial charge on any atom is -0.508 e. The molecule has 2 N–H and O–H groups in total. The Hall–Kier alpha value is -2.20. The van der Waals surface area contributed by atoms with Crippen LogP contribution in [0.3, 0.4) is 0 Å². The minimum absolute atomic E-state index is 0.109. The molecule has 2 aromatic carbocycles. The van der Waals surface area contributed by atoms with E-state index in [2.05, 4.69) is 5.32 Å². The smallest absolute Gasteiger partial charge is 0.251 e. The van der Waals surface area contributed by atoms with E-state index in [-0.39, 0.29) is 18.2 Å². The zero-order valence-electron chi connectivity index (χ0n) is 10.9. The number of nitrogens with one attached hydrogen (secondary N) is 1. The first-order valence-electron chi connectivity index (χ1n) is 6.00. The average molecular weight is 292 g/mol. The van der Waals surface area contributed by atoms with Crippen LogP contribution in [0, 0.1) is 0 Å². The first-order chi connectivity index (χ1) is 9.60. The molecule has 5 heteroatoms. The molecule has 2 rings (SSSR count). The number of amides is 1. The lowest BCUT2D eigenvalue weighted by molar-refractivity contribution is 0.0950. The number of aromatic hydroxyl groups is 1. The summed E-state index contributed by atoms with van der Waals surface area (Å²) in [6, 6.07) is 11.5. The molecule has 0 aliphatic heterocycles. The molecule has 2 aromatic rings. The van der Waals surface area contributed by atoms with Crippen LogP contribution in [0.25, 0.3) is 0 Å². The molecule has 20 heavy (non-hydrogen) atoms. The molecular weight excluding hydrogens is 278 g/mol. The number of methoxy groups -OCH3 is 1. The summed E-state index contributed by atoms with van der Waals surface area (Å²) < 4.78 is 5.08. The molecule has 0 saturated heterocycles. The Morgan fingerprint density at radius 1 is 1.30 bits per heavy atom. The van der Waals surface area contributed by atoms with E-state index in [1.165, 1.54) is 6.07 Å². The zero-order valence-corrected chi connectivity index (χ0v) is 11.6. The van der Waals surface area contributed by atoms with Crippen molar-refractivity contribution in [1.29, 1.82) is 0 Å². The number of hydrogen-bond donors (Lipinski definition) is 2. The zero-order chi connectivity index (χ0) is 14.5. The Morgan fingerprint density at radius 2 is 2.10 bits per heavy atom. The molecule has 0 radical (unpaired) electrons. The van der Waals surface area contributed by atoms with Crippen LogP contribution < -0.4 is 10.1 Å². The van der Waals surface area contributed by atoms with Gasteiger partial charge in [0.2, 0.25) is 0 Å². The number of rotatable bonds is 4. The number of carbonyl (C=O) groups is 1. The highest BCUT2D eigenvalue weighted by molar-refractivity contribution is 6.30. The lowest BCUT2D eigenvalue weighted by atomic mass is 10.1. The number of benzene rings is 2. The van der Waals surface area contributed by atoms with Gasteiger partial charge in [-0.3, -0.25) is 4.79 Å². The Balaban J connectivity index is 2.07. The molecule has 0 fully saturated rings. The van der Waals surface area contributed by atoms with Crippen molar-refractivity contribution in [3.8, 4) is 11.5 Å². The van der Waals surface area contributed by atoms with E-state index in [1.54, 1.807) is 43.5 Å². The van der Waals surface area contributed by atoms with Crippen LogP contribution in [0.15, 0.2) is 42.5 Å². The van der Waals surface area contributed by atoms with E-state index in [1.807, 2.05) is 0 Å². The van der Waals surface area contributed by atoms with E-state index < -0.39 is 0 Å². The summed E-state index contributed by atoms with van der Waals surface area (Å²) >= 11 is 5.83. The second-order valence-corrected chi connectivity index (χ2v) is 4.62. The second-order valence-electron chi connectivity index (χ2n) is 4.19. The topological polar surface area (TPSA) is 58.6 Å². The third-order valence-electron chi connectivity index (χ3n) is 2.81. The largest absolute Gasteiger partial charge is 0.508 e. The Bertz CT molecular complexity index is 628. The third kappa shape index (κ3) is 3.42. The van der Waals surface area contributed by atoms with Crippen LogP contribution in [-0.4, -0.2) is 18.1 Å². The summed E-state index contributed by atoms with van der Waals surface area (Å²) in [5, 5.41) is 13.0. The fraction of sp³-hybridized carbons (Fsp3) is 0.133. The van der Waals surface area contributed by atoms with Crippen molar-refractivity contribution in [3.05, 3.63) is 58.6 Å². The maximum atomic E-state index is 12.0. The molecule has 0 atom stereocenters. The number of halogens is 1. The van der Waals surface area contributed by atoms with E-state index in [0.29, 0.717) is 21.9 Å². The van der Waals surface area contributed by atoms with Crippen LogP contribution >= 0.6 is 11.6 Å². The Labute approximate surface area is 122 Å². The van der Waals surface area contributed by atoms with Crippen molar-refractivity contribution in [1.82, 2.24) is 5.32 Å². The predicted molar refractivity (Wildman–Crippen MR) is 77.3 cm³/mol. The van der Waals surface area contributed by atoms with Crippen LogP contribution in [0.2, 0.25) is 5.02 Å². The molecule has 0 aromatic heterocycles. The molecule has 0 heterocycles. The van der Waals surface area contributed by atoms with Gasteiger partial charge in [-0.25, -0.2) is 0 Å². The molecule has 0 bridgehead atoms. The van der Waals surface area contributed by atoms with Crippen LogP contribution in [0.5, 0.6) is 11.5 Å². The lowest BCUT2D eigenvalue weighted by Gasteiger charge is -2.09. The van der Waals surface area contributed by atoms with Crippen LogP contribution in [0.4, 0.5) is 0 Å². The maximum absolute atomic E-state index is 12.0. The van der Waals surface area contributed by atoms with Crippen LogP contribution in [-0.2, 0) is 6.54 Å². The summed E-state index contributed by atoms with van der Waals surface area (Å²) in [6.07, 6.45) is 0. The number of phenolic OH excluding ortho intramolecular Hbond substituents is 1. The summed E-state index contributed by atoms with van der Waals surface area (Å²) in [5.74, 6) is 0.474. The number of hydrogen-bond acceptors (Lipinski definition) is 3. The molecule has 0 unspecified atom stereocenters. The van der Waals surface area contributed by atoms with Crippen molar-refractivity contribution >= 4 is 17.5 Å². The van der Waals surface area contributed by atoms with E-state index in [0.717, 1.165) is 0 Å². The highest BCUT2D eigenvalue weighted by Gasteiger charge is 2.08. The molecule has 0 saturated carbocycles. The van der Waals surface area contributed by atoms with Gasteiger partial charge in [-0.1, -0.05) is 17.7 Å². The lowest BCUT2D eigenvalue weighted by Crippen LogP contribution is -2.22. The maximum Gasteiger partial charge on any atom is 0.251 e. The highest BCUT2D eigenvalue weighted by atomic mass is 35.5. The third-order valence-corrected chi connectivity index (χ3v) is 3.05. The molecule has 1 amide bonds. The predicted octanol–water partition coefficient (Wildman–Crippen LogP) is 2.98. The van der Waals surface area contributed by atoms with Gasteiger partial charge in [0, 0.05) is 22.7 Å². The molecule has 0 spiro atoms. The molecular formula is C15H14ClNO3. The summed E-state index contributed by atoms with van der Waals surface area (Å²) in [4.78, 5) is 12.0. The van der Waals surface area contributed by atoms with Gasteiger partial charge < -0.3 is 15.2 Å². The quantitative estimate of drug-likeness (QED) is 0.910. The summed E-state index contributed by atoms with van der Waals surface area (Å²) in [6.45, 7) is 0.203. The molecule has 104 valence electrons. The first kappa shape index (κ1) is 14.2. The fourth-order valence-electron chi connectivity index (χ4n) is 1.74. The fourth-order valence-corrected chi connectivity index (χ4v) is 1.93. The van der Waals surface area contributed by atoms with Crippen molar-refractivity contribution in [3.63, 3.8) is 0 Å². The minimum atomic E-state index is -0.255. The number of ether oxygens (including phenoxy) is 1. The SMILES string of the molecule is COc1ccc(O)c(CNC(=O)c2cccc(Cl)c2)c1. The first-order valence-corrected chi connectivity index (χ1v) is 6.37. The van der Waals surface area contributed by atoms with E-state index >= 15 is 0 Å². The average Bonchev–Trinajstić information content (AvgIpc) is 2.46. The van der Waals surface area contributed by atoms with Crippen molar-refractivity contribution in [2.45, 2.75) is 6.54 Å². The standard InChI is InChI=1S/C15H14ClNO3/c1-20-13-5-6-14(18)11(8-13)9-17-15(19)10-3-2-4-12(16)7-10/h2-8,18H,9H2,1H3,(H,17,19). The normalized spacial score (nSPS) is 10.1. The summed E-state index contributed by atoms with van der Waals surface area (Å²) in [7, 11) is 1.54. The molecule has 0 aliphatic rings. The van der Waals surface area contributed by atoms with Gasteiger partial charge in [-0.2, -0.15) is 0 Å². The van der Waals surface area contributed by atoms with Gasteiger partial charge in [0.05, 0.1) is 7.11 Å². The van der Waals surface area contributed by atoms with E-state index in [9.17, 15) is 9.90 Å². The highest BCUT2D eigenvalue weighted by Crippen LogP contribution is 2.22.